The number of methoxy groups -OCH3 is 1. The minimum atomic E-state index is 0.246. The van der Waals surface area contributed by atoms with Crippen molar-refractivity contribution in [2.45, 2.75) is 58.0 Å². The fourth-order valence-corrected chi connectivity index (χ4v) is 4.30. The van der Waals surface area contributed by atoms with Gasteiger partial charge < -0.3 is 25.0 Å². The van der Waals surface area contributed by atoms with E-state index in [9.17, 15) is 4.79 Å². The van der Waals surface area contributed by atoms with Crippen molar-refractivity contribution >= 4 is 11.9 Å². The van der Waals surface area contributed by atoms with Crippen molar-refractivity contribution < 1.29 is 14.3 Å². The summed E-state index contributed by atoms with van der Waals surface area (Å²) in [5.41, 5.74) is 1.12. The molecule has 2 fully saturated rings. The van der Waals surface area contributed by atoms with Crippen LogP contribution in [-0.2, 0) is 16.1 Å². The summed E-state index contributed by atoms with van der Waals surface area (Å²) in [7, 11) is 1.66. The van der Waals surface area contributed by atoms with Crippen LogP contribution in [0.2, 0.25) is 0 Å². The molecule has 0 radical (unpaired) electrons. The molecule has 1 unspecified atom stereocenters. The molecule has 7 nitrogen and oxygen atoms in total. The number of rotatable bonds is 9. The second-order valence-electron chi connectivity index (χ2n) is 8.43. The molecule has 1 aliphatic heterocycles. The molecular formula is C24H38N4O3. The molecule has 1 atom stereocenters. The molecule has 172 valence electrons. The Hall–Kier alpha value is -2.28. The van der Waals surface area contributed by atoms with E-state index < -0.39 is 0 Å². The van der Waals surface area contributed by atoms with Crippen LogP contribution < -0.4 is 15.4 Å². The van der Waals surface area contributed by atoms with Gasteiger partial charge in [0, 0.05) is 38.7 Å². The average molecular weight is 431 g/mol. The quantitative estimate of drug-likeness (QED) is 0.358. The molecule has 1 amide bonds. The van der Waals surface area contributed by atoms with Crippen LogP contribution in [0.25, 0.3) is 0 Å². The van der Waals surface area contributed by atoms with Crippen LogP contribution in [0.5, 0.6) is 5.75 Å². The maximum atomic E-state index is 12.8. The predicted molar refractivity (Wildman–Crippen MR) is 123 cm³/mol. The molecular weight excluding hydrogens is 392 g/mol. The first kappa shape index (κ1) is 23.4. The molecule has 0 spiro atoms. The Morgan fingerprint density at radius 1 is 1.13 bits per heavy atom. The first-order chi connectivity index (χ1) is 15.2. The Morgan fingerprint density at radius 2 is 1.90 bits per heavy atom. The van der Waals surface area contributed by atoms with E-state index in [1.807, 2.05) is 24.3 Å². The zero-order valence-corrected chi connectivity index (χ0v) is 19.1. The van der Waals surface area contributed by atoms with Gasteiger partial charge in [0.05, 0.1) is 13.2 Å². The average Bonchev–Trinajstić information content (AvgIpc) is 3.27. The topological polar surface area (TPSA) is 75.2 Å². The molecule has 1 saturated carbocycles. The fourth-order valence-electron chi connectivity index (χ4n) is 4.30. The van der Waals surface area contributed by atoms with Gasteiger partial charge in [-0.25, -0.2) is 4.99 Å². The molecule has 0 aromatic heterocycles. The van der Waals surface area contributed by atoms with E-state index in [-0.39, 0.29) is 12.0 Å². The van der Waals surface area contributed by atoms with Gasteiger partial charge in [-0.15, -0.1) is 0 Å². The first-order valence-electron chi connectivity index (χ1n) is 11.7. The van der Waals surface area contributed by atoms with Gasteiger partial charge in [0.2, 0.25) is 5.91 Å². The Bertz CT molecular complexity index is 701. The Morgan fingerprint density at radius 3 is 2.61 bits per heavy atom. The number of hydrogen-bond acceptors (Lipinski definition) is 4. The van der Waals surface area contributed by atoms with Crippen molar-refractivity contribution in [3.8, 4) is 5.75 Å². The monoisotopic (exact) mass is 430 g/mol. The summed E-state index contributed by atoms with van der Waals surface area (Å²) < 4.78 is 10.6. The second-order valence-corrected chi connectivity index (χ2v) is 8.43. The molecule has 7 heteroatoms. The summed E-state index contributed by atoms with van der Waals surface area (Å²) in [5.74, 6) is 2.25. The summed E-state index contributed by atoms with van der Waals surface area (Å²) in [6.07, 6.45) is 6.77. The Labute approximate surface area is 186 Å². The highest BCUT2D eigenvalue weighted by atomic mass is 16.5. The van der Waals surface area contributed by atoms with E-state index in [4.69, 9.17) is 14.5 Å². The lowest BCUT2D eigenvalue weighted by Crippen LogP contribution is -2.45. The number of nitrogens with one attached hydrogen (secondary N) is 2. The lowest BCUT2D eigenvalue weighted by atomic mass is 9.88. The third-order valence-corrected chi connectivity index (χ3v) is 6.04. The van der Waals surface area contributed by atoms with Crippen molar-refractivity contribution in [2.75, 3.05) is 40.0 Å². The number of carbonyl (C=O) groups excluding carboxylic acids is 1. The number of hydrogen-bond donors (Lipinski definition) is 2. The van der Waals surface area contributed by atoms with E-state index in [0.29, 0.717) is 25.7 Å². The van der Waals surface area contributed by atoms with Gasteiger partial charge in [-0.2, -0.15) is 0 Å². The molecule has 31 heavy (non-hydrogen) atoms. The molecule has 1 aliphatic carbocycles. The normalized spacial score (nSPS) is 20.0. The molecule has 1 aromatic rings. The van der Waals surface area contributed by atoms with Gasteiger partial charge in [-0.3, -0.25) is 4.79 Å². The molecule has 2 aliphatic rings. The largest absolute Gasteiger partial charge is 0.491 e. The summed E-state index contributed by atoms with van der Waals surface area (Å²) >= 11 is 0. The third kappa shape index (κ3) is 7.42. The number of aliphatic imine (C=N–C) groups is 1. The molecule has 1 heterocycles. The maximum absolute atomic E-state index is 12.8. The van der Waals surface area contributed by atoms with Gasteiger partial charge in [0.25, 0.3) is 0 Å². The lowest BCUT2D eigenvalue weighted by Gasteiger charge is -2.26. The van der Waals surface area contributed by atoms with Gasteiger partial charge in [0.1, 0.15) is 12.4 Å². The maximum Gasteiger partial charge on any atom is 0.225 e. The van der Waals surface area contributed by atoms with E-state index in [2.05, 4.69) is 22.5 Å². The third-order valence-electron chi connectivity index (χ3n) is 6.04. The fraction of sp³-hybridized carbons (Fsp3) is 0.667. The molecule has 0 bridgehead atoms. The number of carbonyl (C=O) groups is 1. The standard InChI is InChI=1S/C24H38N4O3/c1-3-25-24(26-17-19-9-11-22(12-10-19)31-16-15-30-2)27-21-13-14-28(18-21)23(29)20-7-5-4-6-8-20/h9-12,20-21H,3-8,13-18H2,1-2H3,(H2,25,26,27). The van der Waals surface area contributed by atoms with Crippen molar-refractivity contribution in [1.82, 2.24) is 15.5 Å². The number of benzene rings is 1. The second kappa shape index (κ2) is 12.5. The van der Waals surface area contributed by atoms with Crippen LogP contribution in [0.1, 0.15) is 51.0 Å². The molecule has 2 N–H and O–H groups in total. The van der Waals surface area contributed by atoms with Crippen molar-refractivity contribution in [3.63, 3.8) is 0 Å². The number of amides is 1. The summed E-state index contributed by atoms with van der Waals surface area (Å²) in [5, 5.41) is 6.86. The van der Waals surface area contributed by atoms with Gasteiger partial charge in [-0.05, 0) is 43.9 Å². The molecule has 1 aromatic carbocycles. The Balaban J connectivity index is 1.48. The highest BCUT2D eigenvalue weighted by Gasteiger charge is 2.31. The van der Waals surface area contributed by atoms with Crippen LogP contribution >= 0.6 is 0 Å². The van der Waals surface area contributed by atoms with Gasteiger partial charge in [0.15, 0.2) is 5.96 Å². The highest BCUT2D eigenvalue weighted by Crippen LogP contribution is 2.26. The summed E-state index contributed by atoms with van der Waals surface area (Å²) in [6, 6.07) is 8.26. The lowest BCUT2D eigenvalue weighted by molar-refractivity contribution is -0.135. The van der Waals surface area contributed by atoms with E-state index in [1.54, 1.807) is 7.11 Å². The minimum absolute atomic E-state index is 0.246. The number of guanidine groups is 1. The first-order valence-corrected chi connectivity index (χ1v) is 11.7. The Kier molecular flexibility index (Phi) is 9.46. The SMILES string of the molecule is CCNC(=NCc1ccc(OCCOC)cc1)NC1CCN(C(=O)C2CCCCC2)C1. The van der Waals surface area contributed by atoms with E-state index in [1.165, 1.54) is 19.3 Å². The number of ether oxygens (including phenoxy) is 2. The summed E-state index contributed by atoms with van der Waals surface area (Å²) in [4.78, 5) is 19.6. The van der Waals surface area contributed by atoms with Crippen molar-refractivity contribution in [3.05, 3.63) is 29.8 Å². The van der Waals surface area contributed by atoms with Crippen LogP contribution in [0.15, 0.2) is 29.3 Å². The van der Waals surface area contributed by atoms with Crippen molar-refractivity contribution in [2.24, 2.45) is 10.9 Å². The van der Waals surface area contributed by atoms with Crippen molar-refractivity contribution in [1.29, 1.82) is 0 Å². The smallest absolute Gasteiger partial charge is 0.225 e. The molecule has 3 rings (SSSR count). The van der Waals surface area contributed by atoms with Crippen LogP contribution in [0, 0.1) is 5.92 Å². The van der Waals surface area contributed by atoms with Gasteiger partial charge in [-0.1, -0.05) is 31.4 Å². The number of nitrogens with zero attached hydrogens (tertiary/aromatic N) is 2. The number of likely N-dealkylation sites (tertiary alicyclic amines) is 1. The minimum Gasteiger partial charge on any atom is -0.491 e. The predicted octanol–water partition coefficient (Wildman–Crippen LogP) is 2.95. The van der Waals surface area contributed by atoms with Crippen LogP contribution in [-0.4, -0.2) is 62.8 Å². The molecule has 1 saturated heterocycles. The highest BCUT2D eigenvalue weighted by molar-refractivity contribution is 5.81. The zero-order chi connectivity index (χ0) is 21.9. The summed E-state index contributed by atoms with van der Waals surface area (Å²) in [6.45, 7) is 6.19. The van der Waals surface area contributed by atoms with E-state index >= 15 is 0 Å². The zero-order valence-electron chi connectivity index (χ0n) is 19.1. The van der Waals surface area contributed by atoms with Crippen LogP contribution in [0.4, 0.5) is 0 Å². The van der Waals surface area contributed by atoms with Crippen LogP contribution in [0.3, 0.4) is 0 Å². The van der Waals surface area contributed by atoms with E-state index in [0.717, 1.165) is 56.2 Å². The van der Waals surface area contributed by atoms with Gasteiger partial charge >= 0.3 is 0 Å².